The summed E-state index contributed by atoms with van der Waals surface area (Å²) in [5, 5.41) is 0. The molecule has 1 atom stereocenters. The van der Waals surface area contributed by atoms with E-state index < -0.39 is 23.9 Å². The van der Waals surface area contributed by atoms with Crippen LogP contribution in [0, 0.1) is 6.92 Å². The van der Waals surface area contributed by atoms with Crippen molar-refractivity contribution in [3.05, 3.63) is 23.5 Å². The van der Waals surface area contributed by atoms with E-state index in [0.717, 1.165) is 5.46 Å². The van der Waals surface area contributed by atoms with Gasteiger partial charge in [-0.15, -0.1) is 0 Å². The van der Waals surface area contributed by atoms with E-state index in [1.807, 2.05) is 68.4 Å². The quantitative estimate of drug-likeness (QED) is 0.652. The van der Waals surface area contributed by atoms with Crippen LogP contribution in [-0.2, 0) is 14.0 Å². The Morgan fingerprint density at radius 1 is 1.16 bits per heavy atom. The lowest BCUT2D eigenvalue weighted by atomic mass is 9.79. The second-order valence-electron chi connectivity index (χ2n) is 10.8. The molecule has 0 N–H and O–H groups in total. The summed E-state index contributed by atoms with van der Waals surface area (Å²) in [6.07, 6.45) is 1.36. The predicted octanol–water partition coefficient (Wildman–Crippen LogP) is 2.77. The minimum Gasteiger partial charge on any atom is -0.444 e. The molecule has 0 spiro atoms. The maximum absolute atomic E-state index is 13.4. The summed E-state index contributed by atoms with van der Waals surface area (Å²) in [4.78, 5) is 33.7. The Balaban J connectivity index is 1.74. The maximum Gasteiger partial charge on any atom is 0.496 e. The molecule has 0 saturated carbocycles. The zero-order chi connectivity index (χ0) is 24.1. The van der Waals surface area contributed by atoms with Crippen LogP contribution in [0.1, 0.15) is 71.4 Å². The van der Waals surface area contributed by atoms with Crippen molar-refractivity contribution in [2.45, 2.75) is 85.2 Å². The van der Waals surface area contributed by atoms with Gasteiger partial charge in [-0.3, -0.25) is 9.78 Å². The molecule has 9 heteroatoms. The molecule has 8 nitrogen and oxygen atoms in total. The molecular weight excluding hydrogens is 409 g/mol. The molecule has 0 aromatic carbocycles. The number of piperazine rings is 1. The van der Waals surface area contributed by atoms with Crippen molar-refractivity contribution in [1.29, 1.82) is 0 Å². The minimum absolute atomic E-state index is 0.107. The molecule has 2 saturated heterocycles. The van der Waals surface area contributed by atoms with Gasteiger partial charge in [0.2, 0.25) is 0 Å². The van der Waals surface area contributed by atoms with Crippen molar-refractivity contribution < 1.29 is 23.6 Å². The second-order valence-corrected chi connectivity index (χ2v) is 10.8. The minimum atomic E-state index is -0.581. The third-order valence-electron chi connectivity index (χ3n) is 6.41. The van der Waals surface area contributed by atoms with E-state index in [1.165, 1.54) is 0 Å². The average Bonchev–Trinajstić information content (AvgIpc) is 2.87. The van der Waals surface area contributed by atoms with Gasteiger partial charge in [-0.25, -0.2) is 4.79 Å². The fraction of sp³-hybridized carbons (Fsp3) is 0.696. The Hall–Kier alpha value is -2.13. The summed E-state index contributed by atoms with van der Waals surface area (Å²) in [6.45, 7) is 18.5. The summed E-state index contributed by atoms with van der Waals surface area (Å²) in [5.41, 5.74) is 0.395. The van der Waals surface area contributed by atoms with Crippen LogP contribution in [0.4, 0.5) is 4.79 Å². The van der Waals surface area contributed by atoms with E-state index in [-0.39, 0.29) is 18.0 Å². The number of rotatable bonds is 2. The number of carbonyl (C=O) groups is 2. The zero-order valence-electron chi connectivity index (χ0n) is 20.8. The van der Waals surface area contributed by atoms with E-state index in [2.05, 4.69) is 4.98 Å². The average molecular weight is 445 g/mol. The van der Waals surface area contributed by atoms with E-state index in [4.69, 9.17) is 14.0 Å². The van der Waals surface area contributed by atoms with Gasteiger partial charge in [-0.05, 0) is 68.4 Å². The smallest absolute Gasteiger partial charge is 0.444 e. The van der Waals surface area contributed by atoms with Crippen LogP contribution in [0.3, 0.4) is 0 Å². The van der Waals surface area contributed by atoms with E-state index in [0.29, 0.717) is 30.9 Å². The molecule has 0 bridgehead atoms. The van der Waals surface area contributed by atoms with Crippen LogP contribution in [0.2, 0.25) is 0 Å². The zero-order valence-corrected chi connectivity index (χ0v) is 20.8. The SMILES string of the molecule is Cc1ncc(B2OC(C)(C)C(C)(C)O2)cc1C(=O)N1CCN(C(=O)OC(C)(C)C)[C@H](C)C1. The highest BCUT2D eigenvalue weighted by Gasteiger charge is 2.52. The highest BCUT2D eigenvalue weighted by Crippen LogP contribution is 2.36. The Labute approximate surface area is 191 Å². The maximum atomic E-state index is 13.4. The summed E-state index contributed by atoms with van der Waals surface area (Å²) in [5.74, 6) is -0.107. The largest absolute Gasteiger partial charge is 0.496 e. The number of amides is 2. The van der Waals surface area contributed by atoms with Gasteiger partial charge >= 0.3 is 13.2 Å². The molecule has 2 amide bonds. The molecule has 0 unspecified atom stereocenters. The summed E-state index contributed by atoms with van der Waals surface area (Å²) in [7, 11) is -0.581. The Morgan fingerprint density at radius 2 is 1.75 bits per heavy atom. The molecule has 3 heterocycles. The molecule has 0 radical (unpaired) electrons. The number of carbonyl (C=O) groups excluding carboxylic acids is 2. The van der Waals surface area contributed by atoms with Gasteiger partial charge in [0.15, 0.2) is 0 Å². The lowest BCUT2D eigenvalue weighted by Crippen LogP contribution is -2.56. The first kappa shape index (κ1) is 24.5. The van der Waals surface area contributed by atoms with Gasteiger partial charge < -0.3 is 23.8 Å². The van der Waals surface area contributed by atoms with E-state index >= 15 is 0 Å². The molecule has 2 aliphatic rings. The van der Waals surface area contributed by atoms with Crippen molar-refractivity contribution in [1.82, 2.24) is 14.8 Å². The van der Waals surface area contributed by atoms with Crippen LogP contribution < -0.4 is 5.46 Å². The highest BCUT2D eigenvalue weighted by molar-refractivity contribution is 6.62. The van der Waals surface area contributed by atoms with Gasteiger partial charge in [0, 0.05) is 43.0 Å². The molecule has 176 valence electrons. The molecule has 2 aliphatic heterocycles. The fourth-order valence-corrected chi connectivity index (χ4v) is 3.78. The Bertz CT molecular complexity index is 880. The van der Waals surface area contributed by atoms with E-state index in [1.54, 1.807) is 16.0 Å². The first-order valence-electron chi connectivity index (χ1n) is 11.2. The third-order valence-corrected chi connectivity index (χ3v) is 6.41. The summed E-state index contributed by atoms with van der Waals surface area (Å²) >= 11 is 0. The van der Waals surface area contributed by atoms with Gasteiger partial charge in [-0.2, -0.15) is 0 Å². The topological polar surface area (TPSA) is 81.2 Å². The molecular formula is C23H36BN3O5. The number of hydrogen-bond acceptors (Lipinski definition) is 6. The molecule has 3 rings (SSSR count). The summed E-state index contributed by atoms with van der Waals surface area (Å²) in [6, 6.07) is 1.67. The number of aryl methyl sites for hydroxylation is 1. The van der Waals surface area contributed by atoms with Crippen LogP contribution in [-0.4, -0.2) is 76.4 Å². The number of aromatic nitrogens is 1. The number of hydrogen-bond donors (Lipinski definition) is 0. The Kier molecular flexibility index (Phi) is 6.39. The fourth-order valence-electron chi connectivity index (χ4n) is 3.78. The standard InChI is InChI=1S/C23H36BN3O5/c1-15-14-26(10-11-27(15)20(29)30-21(3,4)5)19(28)18-12-17(13-25-16(18)2)24-31-22(6,7)23(8,9)32-24/h12-13,15H,10-11,14H2,1-9H3/t15-/m1/s1. The molecule has 2 fully saturated rings. The monoisotopic (exact) mass is 445 g/mol. The predicted molar refractivity (Wildman–Crippen MR) is 123 cm³/mol. The lowest BCUT2D eigenvalue weighted by Gasteiger charge is -2.40. The second kappa shape index (κ2) is 8.34. The van der Waals surface area contributed by atoms with Crippen molar-refractivity contribution in [2.24, 2.45) is 0 Å². The number of pyridine rings is 1. The molecule has 1 aromatic rings. The van der Waals surface area contributed by atoms with Crippen molar-refractivity contribution >= 4 is 24.6 Å². The van der Waals surface area contributed by atoms with Crippen LogP contribution in [0.25, 0.3) is 0 Å². The van der Waals surface area contributed by atoms with Crippen LogP contribution in [0.15, 0.2) is 12.3 Å². The first-order valence-corrected chi connectivity index (χ1v) is 11.2. The lowest BCUT2D eigenvalue weighted by molar-refractivity contribution is 0.00196. The first-order chi connectivity index (χ1) is 14.6. The van der Waals surface area contributed by atoms with Crippen molar-refractivity contribution in [3.8, 4) is 0 Å². The van der Waals surface area contributed by atoms with Gasteiger partial charge in [0.05, 0.1) is 16.8 Å². The van der Waals surface area contributed by atoms with Crippen LogP contribution >= 0.6 is 0 Å². The third kappa shape index (κ3) is 4.93. The normalized spacial score (nSPS) is 22.8. The van der Waals surface area contributed by atoms with Gasteiger partial charge in [0.1, 0.15) is 5.60 Å². The van der Waals surface area contributed by atoms with Gasteiger partial charge in [-0.1, -0.05) is 0 Å². The molecule has 32 heavy (non-hydrogen) atoms. The Morgan fingerprint density at radius 3 is 2.28 bits per heavy atom. The molecule has 1 aromatic heterocycles. The van der Waals surface area contributed by atoms with Gasteiger partial charge in [0.25, 0.3) is 5.91 Å². The molecule has 0 aliphatic carbocycles. The van der Waals surface area contributed by atoms with E-state index in [9.17, 15) is 9.59 Å². The summed E-state index contributed by atoms with van der Waals surface area (Å²) < 4.78 is 17.7. The number of ether oxygens (including phenoxy) is 1. The van der Waals surface area contributed by atoms with Crippen molar-refractivity contribution in [3.63, 3.8) is 0 Å². The van der Waals surface area contributed by atoms with Crippen LogP contribution in [0.5, 0.6) is 0 Å². The highest BCUT2D eigenvalue weighted by atomic mass is 16.7. The van der Waals surface area contributed by atoms with Crippen molar-refractivity contribution in [2.75, 3.05) is 19.6 Å². The number of nitrogens with zero attached hydrogens (tertiary/aromatic N) is 3.